The van der Waals surface area contributed by atoms with Crippen molar-refractivity contribution in [3.05, 3.63) is 59.2 Å². The van der Waals surface area contributed by atoms with Gasteiger partial charge >= 0.3 is 7.82 Å². The molecule has 1 saturated heterocycles. The normalized spacial score (nSPS) is 14.3. The van der Waals surface area contributed by atoms with Crippen LogP contribution in [-0.4, -0.2) is 60.5 Å². The first-order valence-electron chi connectivity index (χ1n) is 11.3. The molecule has 1 aliphatic rings. The van der Waals surface area contributed by atoms with Crippen LogP contribution in [0.3, 0.4) is 0 Å². The highest BCUT2D eigenvalue weighted by molar-refractivity contribution is 7.46. The van der Waals surface area contributed by atoms with Crippen LogP contribution in [0, 0.1) is 5.41 Å². The molecule has 35 heavy (non-hydrogen) atoms. The third-order valence-corrected chi connectivity index (χ3v) is 5.88. The fourth-order valence-electron chi connectivity index (χ4n) is 3.56. The van der Waals surface area contributed by atoms with Crippen molar-refractivity contribution in [2.75, 3.05) is 32.8 Å². The smallest absolute Gasteiger partial charge is 0.469 e. The number of hydrogen-bond acceptors (Lipinski definition) is 7. The average molecular weight is 506 g/mol. The largest absolute Gasteiger partial charge is 0.491 e. The molecule has 2 aromatic rings. The summed E-state index contributed by atoms with van der Waals surface area (Å²) in [6.45, 7) is 2.02. The van der Waals surface area contributed by atoms with E-state index >= 15 is 0 Å². The van der Waals surface area contributed by atoms with Gasteiger partial charge in [-0.1, -0.05) is 12.1 Å². The second-order valence-corrected chi connectivity index (χ2v) is 9.25. The second kappa shape index (κ2) is 12.7. The minimum absolute atomic E-state index is 0.135. The number of piperidine rings is 1. The Morgan fingerprint density at radius 2 is 1.80 bits per heavy atom. The van der Waals surface area contributed by atoms with E-state index in [1.807, 2.05) is 0 Å². The number of phosphoric acid groups is 1. The van der Waals surface area contributed by atoms with Gasteiger partial charge in [-0.05, 0) is 61.8 Å². The van der Waals surface area contributed by atoms with Crippen LogP contribution in [0.25, 0.3) is 0 Å². The standard InChI is InChI=1S/C23H31N4O7P/c24-22(25)18-2-1-16(9-13-33-35(29,30)31)21(15-18)32-14-12-27-23(28)17-3-5-19(6-4-17)34-20-7-10-26-11-8-20/h1-6,15,20,26H,7-14H2,(H3,24,25)(H,27,28)(H2,29,30,31). The van der Waals surface area contributed by atoms with Crippen LogP contribution in [0.5, 0.6) is 11.5 Å². The molecule has 2 aromatic carbocycles. The highest BCUT2D eigenvalue weighted by Crippen LogP contribution is 2.36. The monoisotopic (exact) mass is 506 g/mol. The van der Waals surface area contributed by atoms with Gasteiger partial charge in [0.1, 0.15) is 30.0 Å². The van der Waals surface area contributed by atoms with Gasteiger partial charge in [0.25, 0.3) is 5.91 Å². The number of nitrogens with two attached hydrogens (primary N) is 1. The topological polar surface area (TPSA) is 176 Å². The number of phosphoric ester groups is 1. The lowest BCUT2D eigenvalue weighted by Crippen LogP contribution is -2.34. The molecule has 11 nitrogen and oxygen atoms in total. The van der Waals surface area contributed by atoms with E-state index in [1.54, 1.807) is 42.5 Å². The number of hydrogen-bond donors (Lipinski definition) is 6. The Kier molecular flexibility index (Phi) is 9.64. The van der Waals surface area contributed by atoms with Gasteiger partial charge in [-0.15, -0.1) is 0 Å². The minimum Gasteiger partial charge on any atom is -0.491 e. The van der Waals surface area contributed by atoms with E-state index < -0.39 is 7.82 Å². The summed E-state index contributed by atoms with van der Waals surface area (Å²) in [7, 11) is -4.58. The third-order valence-electron chi connectivity index (χ3n) is 5.36. The summed E-state index contributed by atoms with van der Waals surface area (Å²) in [5.41, 5.74) is 7.10. The fourth-order valence-corrected chi connectivity index (χ4v) is 3.88. The zero-order chi connectivity index (χ0) is 25.3. The first-order chi connectivity index (χ1) is 16.7. The Bertz CT molecular complexity index is 1050. The summed E-state index contributed by atoms with van der Waals surface area (Å²) in [6, 6.07) is 11.8. The predicted octanol–water partition coefficient (Wildman–Crippen LogP) is 1.56. The van der Waals surface area contributed by atoms with Crippen LogP contribution in [0.15, 0.2) is 42.5 Å². The van der Waals surface area contributed by atoms with Crippen LogP contribution >= 0.6 is 7.82 Å². The molecule has 0 bridgehead atoms. The van der Waals surface area contributed by atoms with E-state index in [9.17, 15) is 9.36 Å². The van der Waals surface area contributed by atoms with Crippen molar-refractivity contribution in [3.63, 3.8) is 0 Å². The number of amidine groups is 1. The lowest BCUT2D eigenvalue weighted by molar-refractivity contribution is 0.0947. The Morgan fingerprint density at radius 3 is 2.46 bits per heavy atom. The maximum absolute atomic E-state index is 12.5. The molecule has 0 aliphatic carbocycles. The van der Waals surface area contributed by atoms with Crippen LogP contribution < -0.4 is 25.8 Å². The number of carbonyl (C=O) groups excluding carboxylic acids is 1. The molecule has 0 saturated carbocycles. The summed E-state index contributed by atoms with van der Waals surface area (Å²) in [6.07, 6.45) is 2.27. The SMILES string of the molecule is N=C(N)c1ccc(CCOP(=O)(O)O)c(OCCNC(=O)c2ccc(OC3CCNCC3)cc2)c1. The van der Waals surface area contributed by atoms with Crippen LogP contribution in [0.4, 0.5) is 0 Å². The van der Waals surface area contributed by atoms with Gasteiger partial charge < -0.3 is 35.6 Å². The summed E-state index contributed by atoms with van der Waals surface area (Å²) in [5.74, 6) is 0.724. The Labute approximate surface area is 203 Å². The van der Waals surface area contributed by atoms with Crippen molar-refractivity contribution in [3.8, 4) is 11.5 Å². The molecule has 0 unspecified atom stereocenters. The molecular formula is C23H31N4O7P. The average Bonchev–Trinajstić information content (AvgIpc) is 2.82. The quantitative estimate of drug-likeness (QED) is 0.108. The zero-order valence-electron chi connectivity index (χ0n) is 19.2. The maximum Gasteiger partial charge on any atom is 0.469 e. The molecule has 1 amide bonds. The highest BCUT2D eigenvalue weighted by atomic mass is 31.2. The Hall–Kier alpha value is -2.95. The van der Waals surface area contributed by atoms with E-state index in [4.69, 9.17) is 30.4 Å². The Morgan fingerprint density at radius 1 is 1.11 bits per heavy atom. The molecule has 0 atom stereocenters. The zero-order valence-corrected chi connectivity index (χ0v) is 20.1. The molecule has 1 aliphatic heterocycles. The number of carbonyl (C=O) groups is 1. The molecule has 190 valence electrons. The Balaban J connectivity index is 1.49. The van der Waals surface area contributed by atoms with Crippen molar-refractivity contribution in [1.82, 2.24) is 10.6 Å². The van der Waals surface area contributed by atoms with Gasteiger partial charge in [0, 0.05) is 17.5 Å². The van der Waals surface area contributed by atoms with E-state index in [2.05, 4.69) is 15.2 Å². The van der Waals surface area contributed by atoms with Crippen molar-refractivity contribution in [2.45, 2.75) is 25.4 Å². The highest BCUT2D eigenvalue weighted by Gasteiger charge is 2.16. The first-order valence-corrected chi connectivity index (χ1v) is 12.8. The van der Waals surface area contributed by atoms with Gasteiger partial charge in [0.2, 0.25) is 0 Å². The second-order valence-electron chi connectivity index (χ2n) is 8.01. The predicted molar refractivity (Wildman–Crippen MR) is 130 cm³/mol. The van der Waals surface area contributed by atoms with Gasteiger partial charge in [-0.25, -0.2) is 4.57 Å². The van der Waals surface area contributed by atoms with Gasteiger partial charge in [0.15, 0.2) is 0 Å². The molecular weight excluding hydrogens is 475 g/mol. The van der Waals surface area contributed by atoms with Crippen LogP contribution in [-0.2, 0) is 15.5 Å². The third kappa shape index (κ3) is 8.97. The van der Waals surface area contributed by atoms with Crippen molar-refractivity contribution >= 4 is 19.6 Å². The number of nitrogens with one attached hydrogen (secondary N) is 3. The number of amides is 1. The van der Waals surface area contributed by atoms with Crippen molar-refractivity contribution in [2.24, 2.45) is 5.73 Å². The van der Waals surface area contributed by atoms with Gasteiger partial charge in [0.05, 0.1) is 13.2 Å². The molecule has 0 aromatic heterocycles. The van der Waals surface area contributed by atoms with Gasteiger partial charge in [-0.3, -0.25) is 14.7 Å². The van der Waals surface area contributed by atoms with Crippen molar-refractivity contribution in [1.29, 1.82) is 5.41 Å². The molecule has 7 N–H and O–H groups in total. The van der Waals surface area contributed by atoms with Gasteiger partial charge in [-0.2, -0.15) is 0 Å². The minimum atomic E-state index is -4.58. The maximum atomic E-state index is 12.5. The number of ether oxygens (including phenoxy) is 2. The fraction of sp³-hybridized carbons (Fsp3) is 0.391. The lowest BCUT2D eigenvalue weighted by Gasteiger charge is -2.23. The van der Waals surface area contributed by atoms with Crippen LogP contribution in [0.1, 0.15) is 34.3 Å². The van der Waals surface area contributed by atoms with E-state index in [-0.39, 0.29) is 44.0 Å². The van der Waals surface area contributed by atoms with Crippen molar-refractivity contribution < 1.29 is 33.1 Å². The summed E-state index contributed by atoms with van der Waals surface area (Å²) in [4.78, 5) is 30.2. The number of nitrogen functional groups attached to an aromatic ring is 1. The summed E-state index contributed by atoms with van der Waals surface area (Å²) < 4.78 is 27.1. The van der Waals surface area contributed by atoms with Crippen LogP contribution in [0.2, 0.25) is 0 Å². The summed E-state index contributed by atoms with van der Waals surface area (Å²) >= 11 is 0. The number of benzene rings is 2. The summed E-state index contributed by atoms with van der Waals surface area (Å²) in [5, 5.41) is 13.7. The molecule has 0 spiro atoms. The van der Waals surface area contributed by atoms with E-state index in [1.165, 1.54) is 0 Å². The van der Waals surface area contributed by atoms with E-state index in [0.717, 1.165) is 31.7 Å². The van der Waals surface area contributed by atoms with E-state index in [0.29, 0.717) is 22.4 Å². The molecule has 1 fully saturated rings. The first kappa shape index (κ1) is 26.7. The molecule has 1 heterocycles. The molecule has 12 heteroatoms. The molecule has 3 rings (SSSR count). The number of rotatable bonds is 12. The molecule has 0 radical (unpaired) electrons. The lowest BCUT2D eigenvalue weighted by atomic mass is 10.1.